The fourth-order valence-corrected chi connectivity index (χ4v) is 8.20. The second-order valence-electron chi connectivity index (χ2n) is 14.9. The molecule has 2 aromatic rings. The zero-order valence-corrected chi connectivity index (χ0v) is 33.4. The van der Waals surface area contributed by atoms with Gasteiger partial charge in [-0.25, -0.2) is 29.0 Å². The molecule has 0 saturated carbocycles. The Balaban J connectivity index is 0.000000236. The number of amides is 9. The molecule has 0 aromatic heterocycles. The number of aryl methyl sites for hydroxylation is 2. The van der Waals surface area contributed by atoms with E-state index in [0.29, 0.717) is 59.6 Å². The molecule has 63 heavy (non-hydrogen) atoms. The van der Waals surface area contributed by atoms with Gasteiger partial charge in [0.05, 0.1) is 18.2 Å². The van der Waals surface area contributed by atoms with Crippen LogP contribution in [0.25, 0.3) is 0 Å². The van der Waals surface area contributed by atoms with Gasteiger partial charge in [0.15, 0.2) is 0 Å². The van der Waals surface area contributed by atoms with E-state index in [1.165, 1.54) is 19.0 Å². The van der Waals surface area contributed by atoms with Crippen molar-refractivity contribution in [3.8, 4) is 12.1 Å². The van der Waals surface area contributed by atoms with Gasteiger partial charge in [0.25, 0.3) is 11.8 Å². The highest BCUT2D eigenvalue weighted by Gasteiger charge is 2.59. The lowest BCUT2D eigenvalue weighted by Crippen LogP contribution is -2.45. The van der Waals surface area contributed by atoms with Crippen LogP contribution in [0.5, 0.6) is 0 Å². The van der Waals surface area contributed by atoms with Gasteiger partial charge < -0.3 is 46.1 Å². The second kappa shape index (κ2) is 20.1. The number of fused-ring (bicyclic) bond motifs is 4. The molecule has 4 saturated heterocycles. The van der Waals surface area contributed by atoms with Crippen LogP contribution in [0, 0.1) is 22.7 Å². The molecule has 6 aliphatic rings. The zero-order valence-electron chi connectivity index (χ0n) is 33.4. The first-order valence-corrected chi connectivity index (χ1v) is 19.6. The third-order valence-electron chi connectivity index (χ3n) is 11.2. The largest absolute Gasteiger partial charge is 0.480 e. The topological polar surface area (TPSA) is 293 Å². The van der Waals surface area contributed by atoms with Crippen LogP contribution in [0.1, 0.15) is 75.6 Å². The summed E-state index contributed by atoms with van der Waals surface area (Å²) in [4.78, 5) is 99.3. The number of ether oxygens (including phenoxy) is 2. The highest BCUT2D eigenvalue weighted by Crippen LogP contribution is 2.47. The highest BCUT2D eigenvalue weighted by atomic mass is 16.6. The van der Waals surface area contributed by atoms with Crippen LogP contribution in [0.3, 0.4) is 0 Å². The van der Waals surface area contributed by atoms with Gasteiger partial charge >= 0.3 is 30.2 Å². The number of imide groups is 2. The van der Waals surface area contributed by atoms with E-state index in [2.05, 4.69) is 38.7 Å². The smallest absolute Gasteiger partial charge is 0.418 e. The predicted molar refractivity (Wildman–Crippen MR) is 224 cm³/mol. The Morgan fingerprint density at radius 3 is 1.70 bits per heavy atom. The molecule has 0 radical (unpaired) electrons. The third kappa shape index (κ3) is 9.63. The Morgan fingerprint density at radius 2 is 1.29 bits per heavy atom. The summed E-state index contributed by atoms with van der Waals surface area (Å²) in [6.45, 7) is 0.287. The first kappa shape index (κ1) is 48.4. The van der Waals surface area contributed by atoms with Crippen molar-refractivity contribution in [2.75, 3.05) is 50.9 Å². The number of carboxylic acids is 1. The van der Waals surface area contributed by atoms with Crippen LogP contribution < -0.4 is 26.6 Å². The Morgan fingerprint density at radius 1 is 0.778 bits per heavy atom. The summed E-state index contributed by atoms with van der Waals surface area (Å²) in [7, 11) is 3.00. The minimum atomic E-state index is -1.46. The molecular formula is C42H52N10O11. The summed E-state index contributed by atoms with van der Waals surface area (Å²) >= 11 is 0. The molecule has 4 atom stereocenters. The van der Waals surface area contributed by atoms with Crippen molar-refractivity contribution in [2.45, 2.75) is 89.5 Å². The summed E-state index contributed by atoms with van der Waals surface area (Å²) < 4.78 is 10.8. The van der Waals surface area contributed by atoms with Crippen molar-refractivity contribution < 1.29 is 52.9 Å². The van der Waals surface area contributed by atoms with Crippen LogP contribution in [0.4, 0.5) is 30.6 Å². The van der Waals surface area contributed by atoms with Crippen molar-refractivity contribution in [3.63, 3.8) is 0 Å². The standard InChI is InChI=1S/C20H21N5O5.C15H15N3O6.C5H8N2.2CH4/c1-22-18(28)23-13-4-5-15-12(9-13)6-7-20(15)17(27)25(19(29)30-20)11-16(26)24-8-2-3-14(24)10-21;1-16-13(22)17-9-2-3-10-8(6-9)4-5-15(10)12(21)18(7-11(19)20)14(23)24-15;6-4-5-2-1-3-7-5;;/h4-5,9,14H,2-3,6-8,11H2,1H3,(H2,22,23,28);2-3,6H,4-5,7H2,1H3,(H,19,20)(H2,16,17,22);5,7H,1-3H2;2*1H4/t14-,20+;15-;;;/m01.../s1. The molecule has 4 fully saturated rings. The molecule has 1 unspecified atom stereocenters. The fourth-order valence-electron chi connectivity index (χ4n) is 8.20. The van der Waals surface area contributed by atoms with E-state index in [9.17, 15) is 43.6 Å². The maximum absolute atomic E-state index is 13.2. The number of anilines is 2. The molecule has 21 heteroatoms. The Bertz CT molecular complexity index is 2250. The van der Waals surface area contributed by atoms with Crippen LogP contribution in [0.2, 0.25) is 0 Å². The van der Waals surface area contributed by atoms with Crippen molar-refractivity contribution in [2.24, 2.45) is 0 Å². The number of urea groups is 2. The molecule has 0 bridgehead atoms. The highest BCUT2D eigenvalue weighted by molar-refractivity contribution is 6.07. The van der Waals surface area contributed by atoms with Crippen molar-refractivity contribution in [3.05, 3.63) is 58.7 Å². The zero-order chi connectivity index (χ0) is 44.1. The molecule has 4 aliphatic heterocycles. The van der Waals surface area contributed by atoms with Crippen LogP contribution in [-0.4, -0.2) is 120 Å². The number of nitriles is 2. The van der Waals surface area contributed by atoms with Gasteiger partial charge in [-0.15, -0.1) is 0 Å². The van der Waals surface area contributed by atoms with Gasteiger partial charge in [0.2, 0.25) is 17.1 Å². The van der Waals surface area contributed by atoms with Crippen LogP contribution in [0.15, 0.2) is 36.4 Å². The lowest BCUT2D eigenvalue weighted by atomic mass is 9.94. The number of carbonyl (C=O) groups excluding carboxylic acids is 7. The van der Waals surface area contributed by atoms with Gasteiger partial charge in [-0.05, 0) is 80.5 Å². The summed E-state index contributed by atoms with van der Waals surface area (Å²) in [5.74, 6) is -2.97. The number of nitrogens with zero attached hydrogens (tertiary/aromatic N) is 5. The lowest BCUT2D eigenvalue weighted by molar-refractivity contribution is -0.144. The van der Waals surface area contributed by atoms with Crippen LogP contribution in [-0.2, 0) is 52.7 Å². The third-order valence-corrected chi connectivity index (χ3v) is 11.2. The number of rotatable bonds is 6. The average Bonchev–Trinajstić information content (AvgIpc) is 4.12. The van der Waals surface area contributed by atoms with Crippen molar-refractivity contribution in [1.29, 1.82) is 10.5 Å². The molecule has 6 N–H and O–H groups in total. The summed E-state index contributed by atoms with van der Waals surface area (Å²) in [6.07, 6.45) is 3.16. The maximum atomic E-state index is 13.2. The van der Waals surface area contributed by atoms with E-state index in [1.54, 1.807) is 36.4 Å². The molecule has 2 aliphatic carbocycles. The van der Waals surface area contributed by atoms with Crippen molar-refractivity contribution in [1.82, 2.24) is 30.7 Å². The SMILES string of the molecule is C.C.CNC(=O)Nc1ccc2c(c1)CC[C@@]21OC(=O)N(CC(=O)N2CCC[C@H]2C#N)C1=O.CNC(=O)Nc1ccc2c(c1)CC[C@@]21OC(=O)N(CC(=O)O)C1=O.N#CC1CCCN1. The maximum Gasteiger partial charge on any atom is 0.418 e. The number of benzene rings is 2. The second-order valence-corrected chi connectivity index (χ2v) is 14.9. The summed E-state index contributed by atoms with van der Waals surface area (Å²) in [6, 6.07) is 13.1. The molecule has 21 nitrogen and oxygen atoms in total. The van der Waals surface area contributed by atoms with E-state index >= 15 is 0 Å². The van der Waals surface area contributed by atoms with Gasteiger partial charge in [-0.2, -0.15) is 10.5 Å². The molecule has 2 aromatic carbocycles. The number of hydrogen-bond donors (Lipinski definition) is 6. The number of hydrogen-bond acceptors (Lipinski definition) is 13. The number of carbonyl (C=O) groups is 8. The number of carboxylic acid groups (broad SMARTS) is 1. The molecule has 336 valence electrons. The lowest BCUT2D eigenvalue weighted by Gasteiger charge is -2.23. The first-order valence-electron chi connectivity index (χ1n) is 19.6. The average molecular weight is 873 g/mol. The molecule has 4 heterocycles. The van der Waals surface area contributed by atoms with Gasteiger partial charge in [0, 0.05) is 56.0 Å². The van der Waals surface area contributed by atoms with E-state index in [-0.39, 0.29) is 45.8 Å². The minimum Gasteiger partial charge on any atom is -0.480 e. The quantitative estimate of drug-likeness (QED) is 0.243. The van der Waals surface area contributed by atoms with E-state index < -0.39 is 66.2 Å². The molecule has 9 amide bonds. The van der Waals surface area contributed by atoms with Gasteiger partial charge in [0.1, 0.15) is 19.1 Å². The normalized spacial score (nSPS) is 23.3. The minimum absolute atomic E-state index is 0. The van der Waals surface area contributed by atoms with Crippen LogP contribution >= 0.6 is 0 Å². The molecule has 2 spiro atoms. The molecular weight excluding hydrogens is 821 g/mol. The van der Waals surface area contributed by atoms with E-state index in [4.69, 9.17) is 19.8 Å². The first-order chi connectivity index (χ1) is 29.2. The number of nitrogens with one attached hydrogen (secondary N) is 5. The van der Waals surface area contributed by atoms with Crippen molar-refractivity contribution >= 4 is 59.3 Å². The van der Waals surface area contributed by atoms with Gasteiger partial charge in [-0.3, -0.25) is 19.2 Å². The van der Waals surface area contributed by atoms with E-state index in [1.807, 2.05) is 0 Å². The number of aliphatic carboxylic acids is 1. The Kier molecular flexibility index (Phi) is 15.4. The Labute approximate surface area is 364 Å². The summed E-state index contributed by atoms with van der Waals surface area (Å²) in [5.41, 5.74) is 0.843. The molecule has 8 rings (SSSR count). The van der Waals surface area contributed by atoms with E-state index in [0.717, 1.165) is 35.4 Å². The van der Waals surface area contributed by atoms with Gasteiger partial charge in [-0.1, -0.05) is 27.0 Å². The summed E-state index contributed by atoms with van der Waals surface area (Å²) in [5, 5.41) is 39.5. The fraction of sp³-hybridized carbons (Fsp3) is 0.476. The number of likely N-dealkylation sites (tertiary alicyclic amines) is 1. The monoisotopic (exact) mass is 872 g/mol. The predicted octanol–water partition coefficient (Wildman–Crippen LogP) is 3.25. The Hall–Kier alpha value is -7.26.